The molecular formula is C75H140O6. The number of carbonyl (C=O) groups is 3. The second-order valence-corrected chi connectivity index (χ2v) is 24.8. The highest BCUT2D eigenvalue weighted by Gasteiger charge is 2.19. The standard InChI is InChI=1S/C75H140O6/c1-4-7-10-13-16-19-22-25-28-30-31-32-33-34-35-36-37-38-39-40-41-42-43-44-45-48-50-53-56-59-62-65-68-74(77)80-71-72(70-79-73(76)67-64-61-58-55-52-49-46-27-24-21-18-15-12-9-6-3)81-75(78)69-66-63-60-57-54-51-47-29-26-23-20-17-14-11-8-5-2/h9,12,18,21,27,46,72H,4-8,10-11,13-17,19-20,22-26,28-45,47-71H2,1-3H3/b12-9-,21-18-,46-27-. The van der Waals surface area contributed by atoms with E-state index in [-0.39, 0.29) is 31.1 Å². The molecule has 0 spiro atoms. The third kappa shape index (κ3) is 68.3. The van der Waals surface area contributed by atoms with Crippen molar-refractivity contribution >= 4 is 17.9 Å². The van der Waals surface area contributed by atoms with Gasteiger partial charge in [0.2, 0.25) is 0 Å². The van der Waals surface area contributed by atoms with Crippen LogP contribution in [0.2, 0.25) is 0 Å². The predicted molar refractivity (Wildman–Crippen MR) is 353 cm³/mol. The van der Waals surface area contributed by atoms with Gasteiger partial charge in [-0.25, -0.2) is 0 Å². The van der Waals surface area contributed by atoms with Crippen LogP contribution in [-0.2, 0) is 28.6 Å². The number of allylic oxidation sites excluding steroid dienone is 6. The van der Waals surface area contributed by atoms with Gasteiger partial charge in [-0.3, -0.25) is 14.4 Å². The Balaban J connectivity index is 4.12. The van der Waals surface area contributed by atoms with Crippen molar-refractivity contribution in [3.8, 4) is 0 Å². The van der Waals surface area contributed by atoms with Gasteiger partial charge in [-0.2, -0.15) is 0 Å². The zero-order valence-electron chi connectivity index (χ0n) is 54.8. The Bertz CT molecular complexity index is 1350. The number of hydrogen-bond donors (Lipinski definition) is 0. The second kappa shape index (κ2) is 70.1. The van der Waals surface area contributed by atoms with Gasteiger partial charge in [0.15, 0.2) is 6.10 Å². The molecule has 0 bridgehead atoms. The Morgan fingerprint density at radius 3 is 0.753 bits per heavy atom. The maximum absolute atomic E-state index is 12.9. The summed E-state index contributed by atoms with van der Waals surface area (Å²) in [5.41, 5.74) is 0. The summed E-state index contributed by atoms with van der Waals surface area (Å²) in [7, 11) is 0. The number of carbonyl (C=O) groups excluding carboxylic acids is 3. The molecule has 0 aliphatic carbocycles. The summed E-state index contributed by atoms with van der Waals surface area (Å²) < 4.78 is 17.0. The van der Waals surface area contributed by atoms with E-state index in [4.69, 9.17) is 14.2 Å². The first-order valence-electron chi connectivity index (χ1n) is 36.5. The molecule has 0 saturated carbocycles. The van der Waals surface area contributed by atoms with Crippen LogP contribution in [0.15, 0.2) is 36.5 Å². The lowest BCUT2D eigenvalue weighted by Crippen LogP contribution is -2.30. The van der Waals surface area contributed by atoms with Crippen LogP contribution in [0, 0.1) is 0 Å². The lowest BCUT2D eigenvalue weighted by Gasteiger charge is -2.18. The molecule has 0 aromatic carbocycles. The van der Waals surface area contributed by atoms with Crippen molar-refractivity contribution in [1.82, 2.24) is 0 Å². The maximum Gasteiger partial charge on any atom is 0.306 e. The van der Waals surface area contributed by atoms with E-state index in [0.717, 1.165) is 96.3 Å². The highest BCUT2D eigenvalue weighted by molar-refractivity contribution is 5.71. The smallest absolute Gasteiger partial charge is 0.306 e. The third-order valence-corrected chi connectivity index (χ3v) is 16.7. The molecule has 0 N–H and O–H groups in total. The number of ether oxygens (including phenoxy) is 3. The Hall–Kier alpha value is -2.37. The van der Waals surface area contributed by atoms with Crippen LogP contribution in [-0.4, -0.2) is 37.2 Å². The van der Waals surface area contributed by atoms with E-state index in [1.54, 1.807) is 0 Å². The zero-order chi connectivity index (χ0) is 58.5. The van der Waals surface area contributed by atoms with E-state index >= 15 is 0 Å². The van der Waals surface area contributed by atoms with E-state index in [0.29, 0.717) is 19.3 Å². The minimum absolute atomic E-state index is 0.0719. The highest BCUT2D eigenvalue weighted by atomic mass is 16.6. The average molecular weight is 1140 g/mol. The molecule has 0 aromatic heterocycles. The largest absolute Gasteiger partial charge is 0.462 e. The molecule has 0 aromatic rings. The van der Waals surface area contributed by atoms with Crippen molar-refractivity contribution in [2.24, 2.45) is 0 Å². The predicted octanol–water partition coefficient (Wildman–Crippen LogP) is 25.1. The molecule has 0 rings (SSSR count). The molecule has 0 heterocycles. The quantitative estimate of drug-likeness (QED) is 0.0261. The lowest BCUT2D eigenvalue weighted by atomic mass is 10.0. The molecule has 0 amide bonds. The molecule has 0 aliphatic rings. The van der Waals surface area contributed by atoms with E-state index in [1.165, 1.54) is 270 Å². The van der Waals surface area contributed by atoms with Crippen LogP contribution in [0.1, 0.15) is 406 Å². The molecule has 0 fully saturated rings. The van der Waals surface area contributed by atoms with Crippen molar-refractivity contribution < 1.29 is 28.6 Å². The number of esters is 3. The fourth-order valence-electron chi connectivity index (χ4n) is 11.2. The number of unbranched alkanes of at least 4 members (excludes halogenated alkanes) is 51. The maximum atomic E-state index is 12.9. The van der Waals surface area contributed by atoms with Crippen LogP contribution in [0.25, 0.3) is 0 Å². The Morgan fingerprint density at radius 1 is 0.259 bits per heavy atom. The molecule has 0 saturated heterocycles. The molecular weight excluding hydrogens is 997 g/mol. The van der Waals surface area contributed by atoms with Gasteiger partial charge in [0.25, 0.3) is 0 Å². The first-order valence-corrected chi connectivity index (χ1v) is 36.5. The van der Waals surface area contributed by atoms with Crippen molar-refractivity contribution in [2.75, 3.05) is 13.2 Å². The van der Waals surface area contributed by atoms with Gasteiger partial charge >= 0.3 is 17.9 Å². The van der Waals surface area contributed by atoms with Crippen LogP contribution < -0.4 is 0 Å². The lowest BCUT2D eigenvalue weighted by molar-refractivity contribution is -0.167. The second-order valence-electron chi connectivity index (χ2n) is 24.8. The summed E-state index contributed by atoms with van der Waals surface area (Å²) in [6.07, 6.45) is 87.7. The van der Waals surface area contributed by atoms with Crippen molar-refractivity contribution in [3.05, 3.63) is 36.5 Å². The Kier molecular flexibility index (Phi) is 68.1. The van der Waals surface area contributed by atoms with Crippen molar-refractivity contribution in [2.45, 2.75) is 412 Å². The van der Waals surface area contributed by atoms with Gasteiger partial charge in [0.1, 0.15) is 13.2 Å². The van der Waals surface area contributed by atoms with Gasteiger partial charge in [-0.15, -0.1) is 0 Å². The van der Waals surface area contributed by atoms with Crippen LogP contribution >= 0.6 is 0 Å². The summed E-state index contributed by atoms with van der Waals surface area (Å²) >= 11 is 0. The topological polar surface area (TPSA) is 78.9 Å². The van der Waals surface area contributed by atoms with Gasteiger partial charge in [0, 0.05) is 19.3 Å². The normalized spacial score (nSPS) is 12.2. The highest BCUT2D eigenvalue weighted by Crippen LogP contribution is 2.19. The molecule has 81 heavy (non-hydrogen) atoms. The Morgan fingerprint density at radius 2 is 0.481 bits per heavy atom. The zero-order valence-corrected chi connectivity index (χ0v) is 54.8. The van der Waals surface area contributed by atoms with E-state index in [1.807, 2.05) is 0 Å². The van der Waals surface area contributed by atoms with Gasteiger partial charge in [-0.05, 0) is 51.4 Å². The van der Waals surface area contributed by atoms with E-state index < -0.39 is 6.10 Å². The fourth-order valence-corrected chi connectivity index (χ4v) is 11.2. The molecule has 6 heteroatoms. The first kappa shape index (κ1) is 78.6. The molecule has 0 aliphatic heterocycles. The summed E-state index contributed by atoms with van der Waals surface area (Å²) in [5.74, 6) is -0.860. The van der Waals surface area contributed by atoms with E-state index in [2.05, 4.69) is 57.2 Å². The first-order chi connectivity index (χ1) is 40.0. The molecule has 1 unspecified atom stereocenters. The summed E-state index contributed by atoms with van der Waals surface area (Å²) in [4.78, 5) is 38.4. The van der Waals surface area contributed by atoms with Gasteiger partial charge in [0.05, 0.1) is 0 Å². The van der Waals surface area contributed by atoms with Crippen molar-refractivity contribution in [3.63, 3.8) is 0 Å². The summed E-state index contributed by atoms with van der Waals surface area (Å²) in [6, 6.07) is 0. The number of rotatable bonds is 68. The summed E-state index contributed by atoms with van der Waals surface area (Å²) in [5, 5.41) is 0. The van der Waals surface area contributed by atoms with Crippen molar-refractivity contribution in [1.29, 1.82) is 0 Å². The third-order valence-electron chi connectivity index (χ3n) is 16.7. The Labute approximate surface area is 506 Å². The van der Waals surface area contributed by atoms with Gasteiger partial charge in [-0.1, -0.05) is 372 Å². The fraction of sp³-hybridized carbons (Fsp3) is 0.880. The SMILES string of the molecule is CC/C=C\C/C=C\C/C=C\CCCCCCCC(=O)OCC(COC(=O)CCCCCCCCCCCCCCCCCCCCCCCCCCCCCCCCCC)OC(=O)CCCCCCCCCCCCCCCCCC. The minimum atomic E-state index is -0.777. The van der Waals surface area contributed by atoms with Crippen LogP contribution in [0.3, 0.4) is 0 Å². The van der Waals surface area contributed by atoms with E-state index in [9.17, 15) is 14.4 Å². The molecule has 476 valence electrons. The van der Waals surface area contributed by atoms with Crippen LogP contribution in [0.4, 0.5) is 0 Å². The average Bonchev–Trinajstić information content (AvgIpc) is 3.47. The molecule has 1 atom stereocenters. The number of hydrogen-bond acceptors (Lipinski definition) is 6. The monoisotopic (exact) mass is 1140 g/mol. The minimum Gasteiger partial charge on any atom is -0.462 e. The molecule has 6 nitrogen and oxygen atoms in total. The van der Waals surface area contributed by atoms with Gasteiger partial charge < -0.3 is 14.2 Å². The summed E-state index contributed by atoms with van der Waals surface area (Å²) in [6.45, 7) is 6.59. The van der Waals surface area contributed by atoms with Crippen LogP contribution in [0.5, 0.6) is 0 Å². The molecule has 0 radical (unpaired) electrons.